The van der Waals surface area contributed by atoms with Crippen LogP contribution >= 0.6 is 0 Å². The number of aryl methyl sites for hydroxylation is 2. The Kier molecular flexibility index (Phi) is 5.04. The molecule has 2 N–H and O–H groups in total. The highest BCUT2D eigenvalue weighted by Crippen LogP contribution is 2.24. The summed E-state index contributed by atoms with van der Waals surface area (Å²) < 4.78 is 5.28. The van der Waals surface area contributed by atoms with Crippen LogP contribution in [0.15, 0.2) is 42.5 Å². The third-order valence-electron chi connectivity index (χ3n) is 3.51. The summed E-state index contributed by atoms with van der Waals surface area (Å²) in [6, 6.07) is 13.1. The summed E-state index contributed by atoms with van der Waals surface area (Å²) >= 11 is 0. The Morgan fingerprint density at radius 3 is 2.50 bits per heavy atom. The van der Waals surface area contributed by atoms with Gasteiger partial charge in [-0.1, -0.05) is 29.8 Å². The van der Waals surface area contributed by atoms with E-state index >= 15 is 0 Å². The van der Waals surface area contributed by atoms with Crippen molar-refractivity contribution in [3.8, 4) is 5.75 Å². The zero-order chi connectivity index (χ0) is 16.1. The van der Waals surface area contributed by atoms with Gasteiger partial charge in [0.25, 0.3) is 0 Å². The second-order valence-electron chi connectivity index (χ2n) is 5.37. The number of hydrogen-bond acceptors (Lipinski definition) is 3. The molecular weight excluding hydrogens is 276 g/mol. The van der Waals surface area contributed by atoms with E-state index in [1.54, 1.807) is 7.11 Å². The highest BCUT2D eigenvalue weighted by atomic mass is 16.5. The largest absolute Gasteiger partial charge is 0.495 e. The van der Waals surface area contributed by atoms with Crippen LogP contribution in [0.1, 0.15) is 18.1 Å². The van der Waals surface area contributed by atoms with Crippen LogP contribution in [-0.4, -0.2) is 19.1 Å². The molecule has 0 saturated carbocycles. The van der Waals surface area contributed by atoms with Crippen molar-refractivity contribution in [1.29, 1.82) is 0 Å². The van der Waals surface area contributed by atoms with Gasteiger partial charge < -0.3 is 15.4 Å². The Balaban J connectivity index is 2.06. The van der Waals surface area contributed by atoms with Crippen LogP contribution in [0.4, 0.5) is 11.4 Å². The van der Waals surface area contributed by atoms with E-state index in [0.29, 0.717) is 5.75 Å². The number of amides is 1. The van der Waals surface area contributed by atoms with Crippen LogP contribution in [0, 0.1) is 13.8 Å². The normalized spacial score (nSPS) is 11.6. The molecule has 22 heavy (non-hydrogen) atoms. The molecule has 2 aromatic rings. The molecule has 0 aliphatic heterocycles. The maximum absolute atomic E-state index is 12.3. The molecule has 0 aliphatic carbocycles. The van der Waals surface area contributed by atoms with Gasteiger partial charge >= 0.3 is 0 Å². The van der Waals surface area contributed by atoms with Gasteiger partial charge in [0.2, 0.25) is 5.91 Å². The molecule has 2 rings (SSSR count). The first-order valence-corrected chi connectivity index (χ1v) is 7.29. The number of methoxy groups -OCH3 is 1. The average Bonchev–Trinajstić information content (AvgIpc) is 2.50. The summed E-state index contributed by atoms with van der Waals surface area (Å²) in [6.07, 6.45) is 0. The quantitative estimate of drug-likeness (QED) is 0.884. The third-order valence-corrected chi connectivity index (χ3v) is 3.51. The van der Waals surface area contributed by atoms with Crippen molar-refractivity contribution in [3.63, 3.8) is 0 Å². The first-order chi connectivity index (χ1) is 10.5. The fraction of sp³-hybridized carbons (Fsp3) is 0.278. The van der Waals surface area contributed by atoms with Crippen molar-refractivity contribution in [2.24, 2.45) is 0 Å². The van der Waals surface area contributed by atoms with Gasteiger partial charge in [-0.05, 0) is 44.5 Å². The molecule has 0 radical (unpaired) electrons. The van der Waals surface area contributed by atoms with Crippen molar-refractivity contribution < 1.29 is 9.53 Å². The van der Waals surface area contributed by atoms with E-state index < -0.39 is 0 Å². The summed E-state index contributed by atoms with van der Waals surface area (Å²) in [4.78, 5) is 12.3. The zero-order valence-electron chi connectivity index (χ0n) is 13.4. The van der Waals surface area contributed by atoms with E-state index in [2.05, 4.69) is 10.6 Å². The minimum Gasteiger partial charge on any atom is -0.495 e. The minimum atomic E-state index is -0.378. The first-order valence-electron chi connectivity index (χ1n) is 7.29. The highest BCUT2D eigenvalue weighted by molar-refractivity contribution is 5.97. The van der Waals surface area contributed by atoms with Crippen LogP contribution in [0.5, 0.6) is 5.75 Å². The SMILES string of the molecule is COc1ccccc1N[C@H](C)C(=O)Nc1ccc(C)cc1C. The predicted octanol–water partition coefficient (Wildman–Crippen LogP) is 3.75. The van der Waals surface area contributed by atoms with E-state index in [1.807, 2.05) is 63.2 Å². The molecule has 0 heterocycles. The summed E-state index contributed by atoms with van der Waals surface area (Å²) in [5.41, 5.74) is 3.87. The second-order valence-corrected chi connectivity index (χ2v) is 5.37. The Hall–Kier alpha value is -2.49. The first kappa shape index (κ1) is 15.9. The van der Waals surface area contributed by atoms with Crippen LogP contribution < -0.4 is 15.4 Å². The lowest BCUT2D eigenvalue weighted by molar-refractivity contribution is -0.116. The van der Waals surface area contributed by atoms with Crippen molar-refractivity contribution in [1.82, 2.24) is 0 Å². The van der Waals surface area contributed by atoms with Crippen LogP contribution in [0.3, 0.4) is 0 Å². The lowest BCUT2D eigenvalue weighted by Gasteiger charge is -2.18. The smallest absolute Gasteiger partial charge is 0.246 e. The van der Waals surface area contributed by atoms with Gasteiger partial charge in [0, 0.05) is 5.69 Å². The van der Waals surface area contributed by atoms with E-state index in [4.69, 9.17) is 4.74 Å². The Morgan fingerprint density at radius 1 is 1.09 bits per heavy atom. The molecule has 2 aromatic carbocycles. The number of ether oxygens (including phenoxy) is 1. The standard InChI is InChI=1S/C18H22N2O2/c1-12-9-10-15(13(2)11-12)20-18(21)14(3)19-16-7-5-6-8-17(16)22-4/h5-11,14,19H,1-4H3,(H,20,21)/t14-/m1/s1. The molecule has 1 amide bonds. The van der Waals surface area contributed by atoms with E-state index in [-0.39, 0.29) is 11.9 Å². The lowest BCUT2D eigenvalue weighted by Crippen LogP contribution is -2.32. The number of para-hydroxylation sites is 2. The van der Waals surface area contributed by atoms with E-state index in [0.717, 1.165) is 16.9 Å². The molecule has 4 nitrogen and oxygen atoms in total. The van der Waals surface area contributed by atoms with Crippen molar-refractivity contribution >= 4 is 17.3 Å². The highest BCUT2D eigenvalue weighted by Gasteiger charge is 2.15. The Labute approximate surface area is 131 Å². The van der Waals surface area contributed by atoms with E-state index in [9.17, 15) is 4.79 Å². The minimum absolute atomic E-state index is 0.0853. The number of carbonyl (C=O) groups is 1. The maximum atomic E-state index is 12.3. The molecule has 0 fully saturated rings. The number of hydrogen-bond donors (Lipinski definition) is 2. The summed E-state index contributed by atoms with van der Waals surface area (Å²) in [7, 11) is 1.61. The molecule has 0 spiro atoms. The molecule has 4 heteroatoms. The molecule has 0 saturated heterocycles. The number of anilines is 2. The Bertz CT molecular complexity index is 668. The number of benzene rings is 2. The zero-order valence-corrected chi connectivity index (χ0v) is 13.4. The predicted molar refractivity (Wildman–Crippen MR) is 90.6 cm³/mol. The summed E-state index contributed by atoms with van der Waals surface area (Å²) in [5.74, 6) is 0.631. The van der Waals surface area contributed by atoms with Gasteiger partial charge in [-0.3, -0.25) is 4.79 Å². The van der Waals surface area contributed by atoms with Gasteiger partial charge in [0.1, 0.15) is 11.8 Å². The van der Waals surface area contributed by atoms with Crippen molar-refractivity contribution in [3.05, 3.63) is 53.6 Å². The molecule has 0 aliphatic rings. The molecular formula is C18H22N2O2. The Morgan fingerprint density at radius 2 is 1.82 bits per heavy atom. The topological polar surface area (TPSA) is 50.4 Å². The number of nitrogens with one attached hydrogen (secondary N) is 2. The maximum Gasteiger partial charge on any atom is 0.246 e. The van der Waals surface area contributed by atoms with Gasteiger partial charge in [0.15, 0.2) is 0 Å². The number of rotatable bonds is 5. The molecule has 1 atom stereocenters. The molecule has 0 aromatic heterocycles. The van der Waals surface area contributed by atoms with Crippen LogP contribution in [-0.2, 0) is 4.79 Å². The fourth-order valence-corrected chi connectivity index (χ4v) is 2.26. The fourth-order valence-electron chi connectivity index (χ4n) is 2.26. The van der Waals surface area contributed by atoms with Crippen molar-refractivity contribution in [2.45, 2.75) is 26.8 Å². The van der Waals surface area contributed by atoms with Gasteiger partial charge in [0.05, 0.1) is 12.8 Å². The monoisotopic (exact) mass is 298 g/mol. The van der Waals surface area contributed by atoms with Crippen molar-refractivity contribution in [2.75, 3.05) is 17.7 Å². The summed E-state index contributed by atoms with van der Waals surface area (Å²) in [5, 5.41) is 6.13. The van der Waals surface area contributed by atoms with E-state index in [1.165, 1.54) is 5.56 Å². The molecule has 0 unspecified atom stereocenters. The number of carbonyl (C=O) groups excluding carboxylic acids is 1. The molecule has 0 bridgehead atoms. The average molecular weight is 298 g/mol. The second kappa shape index (κ2) is 6.98. The van der Waals surface area contributed by atoms with Crippen LogP contribution in [0.2, 0.25) is 0 Å². The third kappa shape index (κ3) is 3.79. The van der Waals surface area contributed by atoms with Gasteiger partial charge in [-0.15, -0.1) is 0 Å². The van der Waals surface area contributed by atoms with Gasteiger partial charge in [-0.25, -0.2) is 0 Å². The van der Waals surface area contributed by atoms with Crippen LogP contribution in [0.25, 0.3) is 0 Å². The molecule has 116 valence electrons. The van der Waals surface area contributed by atoms with Gasteiger partial charge in [-0.2, -0.15) is 0 Å². The summed E-state index contributed by atoms with van der Waals surface area (Å²) in [6.45, 7) is 5.84. The lowest BCUT2D eigenvalue weighted by atomic mass is 10.1.